The van der Waals surface area contributed by atoms with E-state index in [1.54, 1.807) is 12.3 Å². The number of carbonyl (C=O) groups is 1. The minimum absolute atomic E-state index is 0.0409. The van der Waals surface area contributed by atoms with Crippen molar-refractivity contribution >= 4 is 64.5 Å². The summed E-state index contributed by atoms with van der Waals surface area (Å²) in [6.45, 7) is 0. The van der Waals surface area contributed by atoms with E-state index in [2.05, 4.69) is 46.4 Å². The maximum atomic E-state index is 13.8. The van der Waals surface area contributed by atoms with Gasteiger partial charge in [-0.3, -0.25) is 9.78 Å². The summed E-state index contributed by atoms with van der Waals surface area (Å²) in [6.07, 6.45) is 12.1. The molecule has 7 heteroatoms. The number of hydrogen-bond acceptors (Lipinski definition) is 4. The summed E-state index contributed by atoms with van der Waals surface area (Å²) < 4.78 is 13.8. The van der Waals surface area contributed by atoms with Gasteiger partial charge < -0.3 is 5.11 Å². The number of nitrogens with zero attached hydrogens (tertiary/aromatic N) is 2. The molecule has 0 bridgehead atoms. The lowest BCUT2D eigenvalue weighted by Gasteiger charge is -2.22. The van der Waals surface area contributed by atoms with E-state index in [0.717, 1.165) is 46.7 Å². The molecule has 1 atom stereocenters. The average molecular weight is 543 g/mol. The van der Waals surface area contributed by atoms with Crippen LogP contribution < -0.4 is 0 Å². The van der Waals surface area contributed by atoms with E-state index >= 15 is 0 Å². The van der Waals surface area contributed by atoms with Crippen LogP contribution in [0.25, 0.3) is 35.2 Å². The second-order valence-corrected chi connectivity index (χ2v) is 11.5. The molecule has 2 aromatic heterocycles. The van der Waals surface area contributed by atoms with Gasteiger partial charge in [-0.1, -0.05) is 48.0 Å². The number of hydrogen-bond donors (Lipinski definition) is 1. The van der Waals surface area contributed by atoms with Crippen molar-refractivity contribution in [1.29, 1.82) is 0 Å². The van der Waals surface area contributed by atoms with Gasteiger partial charge in [-0.05, 0) is 83.0 Å². The SMILES string of the molecule is O=C(O)CC1(CSC2c3cc(/C=C/c4ccc5cc(F)c(Cl)cc5n4)ccc3C=Cc3ncccc32)CC1. The lowest BCUT2D eigenvalue weighted by molar-refractivity contribution is -0.138. The monoisotopic (exact) mass is 542 g/mol. The smallest absolute Gasteiger partial charge is 0.303 e. The quantitative estimate of drug-likeness (QED) is 0.255. The Hall–Kier alpha value is -3.48. The molecule has 0 amide bonds. The predicted octanol–water partition coefficient (Wildman–Crippen LogP) is 8.15. The highest BCUT2D eigenvalue weighted by molar-refractivity contribution is 7.99. The van der Waals surface area contributed by atoms with Crippen LogP contribution in [-0.2, 0) is 4.79 Å². The van der Waals surface area contributed by atoms with E-state index in [-0.39, 0.29) is 22.1 Å². The number of fused-ring (bicyclic) bond motifs is 3. The second-order valence-electron chi connectivity index (χ2n) is 9.99. The van der Waals surface area contributed by atoms with Crippen molar-refractivity contribution in [2.24, 2.45) is 5.41 Å². The molecular weight excluding hydrogens is 519 g/mol. The molecule has 6 rings (SSSR count). The van der Waals surface area contributed by atoms with E-state index in [0.29, 0.717) is 10.9 Å². The molecule has 1 N–H and O–H groups in total. The Morgan fingerprint density at radius 2 is 1.97 bits per heavy atom. The third-order valence-corrected chi connectivity index (χ3v) is 9.12. The zero-order valence-electron chi connectivity index (χ0n) is 20.4. The lowest BCUT2D eigenvalue weighted by Crippen LogP contribution is -2.13. The molecule has 2 aliphatic rings. The predicted molar refractivity (Wildman–Crippen MR) is 153 cm³/mol. The molecule has 2 aliphatic carbocycles. The minimum Gasteiger partial charge on any atom is -0.481 e. The summed E-state index contributed by atoms with van der Waals surface area (Å²) in [6, 6.07) is 17.1. The molecule has 0 spiro atoms. The molecule has 38 heavy (non-hydrogen) atoms. The summed E-state index contributed by atoms with van der Waals surface area (Å²) in [5.74, 6) is -0.389. The van der Waals surface area contributed by atoms with Crippen LogP contribution in [0.5, 0.6) is 0 Å². The molecule has 1 unspecified atom stereocenters. The molecule has 0 radical (unpaired) electrons. The van der Waals surface area contributed by atoms with Crippen molar-refractivity contribution in [3.63, 3.8) is 0 Å². The summed E-state index contributed by atoms with van der Waals surface area (Å²) in [7, 11) is 0. The van der Waals surface area contributed by atoms with Crippen LogP contribution in [0.1, 0.15) is 58.2 Å². The Morgan fingerprint density at radius 3 is 2.79 bits per heavy atom. The third kappa shape index (κ3) is 5.11. The minimum atomic E-state index is -0.727. The number of thioether (sulfide) groups is 1. The van der Waals surface area contributed by atoms with Crippen LogP contribution in [0.4, 0.5) is 4.39 Å². The lowest BCUT2D eigenvalue weighted by atomic mass is 9.98. The number of carboxylic acids is 1. The van der Waals surface area contributed by atoms with Gasteiger partial charge in [0.05, 0.1) is 33.6 Å². The summed E-state index contributed by atoms with van der Waals surface area (Å²) in [5.41, 5.74) is 6.70. The van der Waals surface area contributed by atoms with Crippen LogP contribution in [-0.4, -0.2) is 26.8 Å². The summed E-state index contributed by atoms with van der Waals surface area (Å²) >= 11 is 7.76. The van der Waals surface area contributed by atoms with Crippen LogP contribution in [0.3, 0.4) is 0 Å². The van der Waals surface area contributed by atoms with Crippen molar-refractivity contribution in [3.8, 4) is 0 Å². The van der Waals surface area contributed by atoms with E-state index < -0.39 is 11.8 Å². The topological polar surface area (TPSA) is 63.1 Å². The highest BCUT2D eigenvalue weighted by Gasteiger charge is 2.45. The van der Waals surface area contributed by atoms with Gasteiger partial charge in [-0.2, -0.15) is 0 Å². The standard InChI is InChI=1S/C31H24ClFN2O2S/c32-25-16-28-21(15-26(25)33)6-9-22(35-28)8-4-19-3-5-20-7-10-27-23(2-1-13-34-27)30(24(20)14-19)38-18-31(11-12-31)17-29(36)37/h1-10,13-16,30H,11-12,17-18H2,(H,36,37)/b8-4+. The van der Waals surface area contributed by atoms with Crippen molar-refractivity contribution in [3.05, 3.63) is 105 Å². The fraction of sp³-hybridized carbons (Fsp3) is 0.194. The maximum Gasteiger partial charge on any atom is 0.303 e. The van der Waals surface area contributed by atoms with Gasteiger partial charge in [0, 0.05) is 17.3 Å². The zero-order valence-corrected chi connectivity index (χ0v) is 22.0. The molecule has 190 valence electrons. The number of aromatic nitrogens is 2. The van der Waals surface area contributed by atoms with Crippen molar-refractivity contribution < 1.29 is 14.3 Å². The molecule has 4 nitrogen and oxygen atoms in total. The number of carboxylic acid groups (broad SMARTS) is 1. The van der Waals surface area contributed by atoms with E-state index in [1.807, 2.05) is 42.1 Å². The van der Waals surface area contributed by atoms with E-state index in [4.69, 9.17) is 11.6 Å². The van der Waals surface area contributed by atoms with Gasteiger partial charge in [0.1, 0.15) is 5.82 Å². The fourth-order valence-corrected chi connectivity index (χ4v) is 6.75. The zero-order chi connectivity index (χ0) is 26.3. The van der Waals surface area contributed by atoms with Crippen LogP contribution in [0.2, 0.25) is 5.02 Å². The highest BCUT2D eigenvalue weighted by atomic mass is 35.5. The van der Waals surface area contributed by atoms with Crippen LogP contribution in [0.15, 0.2) is 60.8 Å². The summed E-state index contributed by atoms with van der Waals surface area (Å²) in [5, 5.41) is 10.2. The first-order valence-electron chi connectivity index (χ1n) is 12.4. The first-order valence-corrected chi connectivity index (χ1v) is 13.9. The number of pyridine rings is 2. The highest BCUT2D eigenvalue weighted by Crippen LogP contribution is 2.54. The van der Waals surface area contributed by atoms with Gasteiger partial charge in [0.15, 0.2) is 0 Å². The summed E-state index contributed by atoms with van der Waals surface area (Å²) in [4.78, 5) is 20.7. The number of benzene rings is 2. The fourth-order valence-electron chi connectivity index (χ4n) is 4.92. The maximum absolute atomic E-state index is 13.8. The Labute approximate surface area is 229 Å². The van der Waals surface area contributed by atoms with Gasteiger partial charge >= 0.3 is 5.97 Å². The van der Waals surface area contributed by atoms with Crippen LogP contribution in [0, 0.1) is 11.2 Å². The molecule has 0 aliphatic heterocycles. The van der Waals surface area contributed by atoms with Gasteiger partial charge in [0.2, 0.25) is 0 Å². The van der Waals surface area contributed by atoms with Crippen molar-refractivity contribution in [2.45, 2.75) is 24.5 Å². The van der Waals surface area contributed by atoms with Crippen LogP contribution >= 0.6 is 23.4 Å². The Morgan fingerprint density at radius 1 is 1.11 bits per heavy atom. The largest absolute Gasteiger partial charge is 0.481 e. The third-order valence-electron chi connectivity index (χ3n) is 7.21. The number of halogens is 2. The molecule has 0 saturated heterocycles. The van der Waals surface area contributed by atoms with Gasteiger partial charge in [-0.25, -0.2) is 9.37 Å². The van der Waals surface area contributed by atoms with Gasteiger partial charge in [0.25, 0.3) is 0 Å². The van der Waals surface area contributed by atoms with Gasteiger partial charge in [-0.15, -0.1) is 11.8 Å². The Balaban J connectivity index is 1.32. The molecule has 2 aromatic carbocycles. The molecule has 4 aromatic rings. The van der Waals surface area contributed by atoms with Crippen molar-refractivity contribution in [2.75, 3.05) is 5.75 Å². The Kier molecular flexibility index (Phi) is 6.54. The molecule has 1 saturated carbocycles. The molecule has 1 fully saturated rings. The second kappa shape index (κ2) is 10.0. The molecular formula is C31H24ClFN2O2S. The first kappa shape index (κ1) is 24.8. The number of rotatable bonds is 7. The van der Waals surface area contributed by atoms with E-state index in [9.17, 15) is 14.3 Å². The Bertz CT molecular complexity index is 1630. The average Bonchev–Trinajstić information content (AvgIpc) is 3.68. The molecule has 2 heterocycles. The normalized spacial score (nSPS) is 17.3. The number of aliphatic carboxylic acids is 1. The first-order chi connectivity index (χ1) is 18.4. The van der Waals surface area contributed by atoms with Crippen molar-refractivity contribution in [1.82, 2.24) is 9.97 Å². The van der Waals surface area contributed by atoms with E-state index in [1.165, 1.54) is 11.6 Å².